The number of likely N-dealkylation sites (tertiary alicyclic amines) is 1. The molecule has 0 aliphatic carbocycles. The van der Waals surface area contributed by atoms with Gasteiger partial charge in [0, 0.05) is 31.3 Å². The highest BCUT2D eigenvalue weighted by atomic mass is 32.2. The summed E-state index contributed by atoms with van der Waals surface area (Å²) in [5, 5.41) is 8.66. The zero-order valence-corrected chi connectivity index (χ0v) is 16.9. The van der Waals surface area contributed by atoms with Gasteiger partial charge >= 0.3 is 0 Å². The van der Waals surface area contributed by atoms with Crippen LogP contribution in [0.2, 0.25) is 0 Å². The minimum Gasteiger partial charge on any atom is -0.339 e. The highest BCUT2D eigenvalue weighted by Crippen LogP contribution is 2.23. The Morgan fingerprint density at radius 2 is 1.48 bits per heavy atom. The second-order valence-electron chi connectivity index (χ2n) is 6.84. The smallest absolute Gasteiger partial charge is 0.274 e. The molecule has 0 radical (unpaired) electrons. The van der Waals surface area contributed by atoms with Crippen molar-refractivity contribution in [3.8, 4) is 0 Å². The molecule has 2 N–H and O–H groups in total. The van der Waals surface area contributed by atoms with E-state index in [1.807, 2.05) is 0 Å². The lowest BCUT2D eigenvalue weighted by atomic mass is 10.1. The monoisotopic (exact) mass is 417 g/mol. The number of hydrogen-bond donors (Lipinski definition) is 2. The Labute approximate surface area is 169 Å². The number of piperidine rings is 1. The van der Waals surface area contributed by atoms with E-state index < -0.39 is 15.9 Å². The molecule has 29 heavy (non-hydrogen) atoms. The summed E-state index contributed by atoms with van der Waals surface area (Å²) < 4.78 is 26.9. The molecule has 2 aromatic rings. The maximum atomic E-state index is 12.9. The second kappa shape index (κ2) is 8.62. The Hall–Kier alpha value is -2.91. The zero-order valence-electron chi connectivity index (χ0n) is 16.0. The number of hydroxylamine groups is 1. The Bertz CT molecular complexity index is 982. The molecule has 0 bridgehead atoms. The van der Waals surface area contributed by atoms with Crippen molar-refractivity contribution < 1.29 is 23.2 Å². The van der Waals surface area contributed by atoms with Crippen LogP contribution in [0.25, 0.3) is 0 Å². The largest absolute Gasteiger partial charge is 0.339 e. The van der Waals surface area contributed by atoms with E-state index in [1.54, 1.807) is 4.90 Å². The number of carbonyl (C=O) groups is 2. The van der Waals surface area contributed by atoms with Crippen molar-refractivity contribution in [2.45, 2.75) is 24.2 Å². The summed E-state index contributed by atoms with van der Waals surface area (Å²) in [7, 11) is -2.43. The highest BCUT2D eigenvalue weighted by Gasteiger charge is 2.23. The van der Waals surface area contributed by atoms with Gasteiger partial charge in [-0.2, -0.15) is 0 Å². The second-order valence-corrected chi connectivity index (χ2v) is 8.81. The highest BCUT2D eigenvalue weighted by molar-refractivity contribution is 7.92. The molecule has 154 valence electrons. The Morgan fingerprint density at radius 3 is 2.03 bits per heavy atom. The van der Waals surface area contributed by atoms with Crippen molar-refractivity contribution in [3.05, 3.63) is 59.7 Å². The SMILES string of the molecule is CN(c1ccc(C(=O)NO)cc1)S(=O)(=O)c1ccc(C(=O)N2CCCCC2)cc1. The molecule has 1 heterocycles. The number of nitrogens with one attached hydrogen (secondary N) is 1. The topological polar surface area (TPSA) is 107 Å². The number of benzene rings is 2. The molecule has 0 atom stereocenters. The van der Waals surface area contributed by atoms with E-state index in [2.05, 4.69) is 0 Å². The van der Waals surface area contributed by atoms with E-state index in [0.29, 0.717) is 11.3 Å². The van der Waals surface area contributed by atoms with Gasteiger partial charge in [-0.15, -0.1) is 0 Å². The van der Waals surface area contributed by atoms with Gasteiger partial charge in [-0.3, -0.25) is 19.1 Å². The maximum Gasteiger partial charge on any atom is 0.274 e. The lowest BCUT2D eigenvalue weighted by Gasteiger charge is -2.26. The minimum atomic E-state index is -3.84. The number of hydrogen-bond acceptors (Lipinski definition) is 5. The van der Waals surface area contributed by atoms with Gasteiger partial charge in [0.25, 0.3) is 21.8 Å². The van der Waals surface area contributed by atoms with Crippen LogP contribution in [0.1, 0.15) is 40.0 Å². The van der Waals surface area contributed by atoms with E-state index in [-0.39, 0.29) is 16.4 Å². The van der Waals surface area contributed by atoms with E-state index in [0.717, 1.165) is 36.7 Å². The van der Waals surface area contributed by atoms with Gasteiger partial charge in [0.2, 0.25) is 0 Å². The molecular formula is C20H23N3O5S. The standard InChI is InChI=1S/C20H23N3O5S/c1-22(17-9-5-15(6-10-17)19(24)21-26)29(27,28)18-11-7-16(8-12-18)20(25)23-13-3-2-4-14-23/h5-12,26H,2-4,13-14H2,1H3,(H,21,24). The van der Waals surface area contributed by atoms with E-state index in [4.69, 9.17) is 5.21 Å². The molecule has 2 amide bonds. The molecule has 0 aromatic heterocycles. The number of anilines is 1. The van der Waals surface area contributed by atoms with Crippen molar-refractivity contribution in [2.75, 3.05) is 24.4 Å². The fourth-order valence-electron chi connectivity index (χ4n) is 3.23. The summed E-state index contributed by atoms with van der Waals surface area (Å²) in [4.78, 5) is 25.8. The van der Waals surface area contributed by atoms with Crippen molar-refractivity contribution >= 4 is 27.5 Å². The fraction of sp³-hybridized carbons (Fsp3) is 0.300. The lowest BCUT2D eigenvalue weighted by Crippen LogP contribution is -2.35. The average Bonchev–Trinajstić information content (AvgIpc) is 2.78. The summed E-state index contributed by atoms with van der Waals surface area (Å²) in [6.45, 7) is 1.46. The van der Waals surface area contributed by atoms with Crippen molar-refractivity contribution in [1.29, 1.82) is 0 Å². The number of sulfonamides is 1. The van der Waals surface area contributed by atoms with E-state index >= 15 is 0 Å². The maximum absolute atomic E-state index is 12.9. The van der Waals surface area contributed by atoms with Crippen LogP contribution in [0, 0.1) is 0 Å². The Kier molecular flexibility index (Phi) is 6.19. The molecular weight excluding hydrogens is 394 g/mol. The summed E-state index contributed by atoms with van der Waals surface area (Å²) >= 11 is 0. The van der Waals surface area contributed by atoms with Crippen LogP contribution in [0.5, 0.6) is 0 Å². The summed E-state index contributed by atoms with van der Waals surface area (Å²) in [5.74, 6) is -0.768. The predicted octanol–water partition coefficient (Wildman–Crippen LogP) is 2.26. The molecule has 1 fully saturated rings. The summed E-state index contributed by atoms with van der Waals surface area (Å²) in [6, 6.07) is 11.7. The van der Waals surface area contributed by atoms with Crippen LogP contribution >= 0.6 is 0 Å². The first-order valence-corrected chi connectivity index (χ1v) is 10.7. The predicted molar refractivity (Wildman–Crippen MR) is 107 cm³/mol. The normalized spacial score (nSPS) is 14.3. The molecule has 1 aliphatic rings. The molecule has 0 unspecified atom stereocenters. The molecule has 9 heteroatoms. The minimum absolute atomic E-state index is 0.0624. The van der Waals surface area contributed by atoms with Gasteiger partial charge in [0.1, 0.15) is 0 Å². The number of nitrogens with zero attached hydrogens (tertiary/aromatic N) is 2. The van der Waals surface area contributed by atoms with Gasteiger partial charge in [0.05, 0.1) is 10.6 Å². The van der Waals surface area contributed by atoms with Gasteiger partial charge in [-0.1, -0.05) is 0 Å². The van der Waals surface area contributed by atoms with Crippen LogP contribution in [-0.4, -0.2) is 50.5 Å². The summed E-state index contributed by atoms with van der Waals surface area (Å²) in [6.07, 6.45) is 3.10. The van der Waals surface area contributed by atoms with Gasteiger partial charge < -0.3 is 4.90 Å². The number of amides is 2. The first kappa shape index (κ1) is 20.8. The summed E-state index contributed by atoms with van der Waals surface area (Å²) in [5.41, 5.74) is 2.54. The van der Waals surface area contributed by atoms with E-state index in [1.165, 1.54) is 61.1 Å². The Morgan fingerprint density at radius 1 is 0.931 bits per heavy atom. The lowest BCUT2D eigenvalue weighted by molar-refractivity contribution is 0.0705. The van der Waals surface area contributed by atoms with E-state index in [9.17, 15) is 18.0 Å². The number of carbonyl (C=O) groups excluding carboxylic acids is 2. The van der Waals surface area contributed by atoms with Gasteiger partial charge in [0.15, 0.2) is 0 Å². The fourth-order valence-corrected chi connectivity index (χ4v) is 4.43. The molecule has 1 aliphatic heterocycles. The third-order valence-electron chi connectivity index (χ3n) is 5.00. The molecule has 0 spiro atoms. The average molecular weight is 417 g/mol. The molecule has 3 rings (SSSR count). The van der Waals surface area contributed by atoms with Gasteiger partial charge in [-0.05, 0) is 67.8 Å². The van der Waals surface area contributed by atoms with Crippen LogP contribution in [0.3, 0.4) is 0 Å². The van der Waals surface area contributed by atoms with Crippen molar-refractivity contribution in [2.24, 2.45) is 0 Å². The van der Waals surface area contributed by atoms with Crippen LogP contribution < -0.4 is 9.79 Å². The third-order valence-corrected chi connectivity index (χ3v) is 6.80. The molecule has 1 saturated heterocycles. The number of rotatable bonds is 5. The molecule has 2 aromatic carbocycles. The van der Waals surface area contributed by atoms with Crippen LogP contribution in [0.15, 0.2) is 53.4 Å². The first-order chi connectivity index (χ1) is 13.8. The zero-order chi connectivity index (χ0) is 21.0. The van der Waals surface area contributed by atoms with Gasteiger partial charge in [-0.25, -0.2) is 13.9 Å². The Balaban J connectivity index is 1.78. The van der Waals surface area contributed by atoms with Crippen LogP contribution in [0.4, 0.5) is 5.69 Å². The van der Waals surface area contributed by atoms with Crippen molar-refractivity contribution in [3.63, 3.8) is 0 Å². The van der Waals surface area contributed by atoms with Crippen molar-refractivity contribution in [1.82, 2.24) is 10.4 Å². The molecule has 8 nitrogen and oxygen atoms in total. The first-order valence-electron chi connectivity index (χ1n) is 9.27. The quantitative estimate of drug-likeness (QED) is 0.573. The molecule has 0 saturated carbocycles. The third kappa shape index (κ3) is 4.41. The van der Waals surface area contributed by atoms with Crippen LogP contribution in [-0.2, 0) is 10.0 Å².